The Hall–Kier alpha value is -3.17. The zero-order valence-electron chi connectivity index (χ0n) is 11.7. The Morgan fingerprint density at radius 2 is 2.04 bits per heavy atom. The molecule has 23 heavy (non-hydrogen) atoms. The normalized spacial score (nSPS) is 11.1. The molecule has 118 valence electrons. The number of benzene rings is 1. The first-order valence-corrected chi connectivity index (χ1v) is 6.39. The second kappa shape index (κ2) is 5.55. The van der Waals surface area contributed by atoms with Gasteiger partial charge in [-0.3, -0.25) is 10.1 Å². The summed E-state index contributed by atoms with van der Waals surface area (Å²) in [6.45, 7) is 1.74. The van der Waals surface area contributed by atoms with Crippen molar-refractivity contribution in [2.45, 2.75) is 13.3 Å². The summed E-state index contributed by atoms with van der Waals surface area (Å²) >= 11 is 0. The second-order valence-corrected chi connectivity index (χ2v) is 4.63. The van der Waals surface area contributed by atoms with Gasteiger partial charge in [0.25, 0.3) is 6.43 Å². The topological polar surface area (TPSA) is 95.5 Å². The van der Waals surface area contributed by atoms with Crippen LogP contribution in [0.15, 0.2) is 30.3 Å². The van der Waals surface area contributed by atoms with Gasteiger partial charge >= 0.3 is 5.69 Å². The van der Waals surface area contributed by atoms with Gasteiger partial charge in [0, 0.05) is 12.1 Å². The largest absolute Gasteiger partial charge is 0.430 e. The molecule has 0 fully saturated rings. The molecule has 0 aliphatic heterocycles. The summed E-state index contributed by atoms with van der Waals surface area (Å²) in [5.41, 5.74) is 0.603. The number of aromatic nitrogens is 4. The van der Waals surface area contributed by atoms with Crippen molar-refractivity contribution in [3.05, 3.63) is 51.8 Å². The van der Waals surface area contributed by atoms with Crippen molar-refractivity contribution in [3.63, 3.8) is 0 Å². The first-order valence-electron chi connectivity index (χ1n) is 6.39. The molecule has 0 unspecified atom stereocenters. The van der Waals surface area contributed by atoms with Crippen LogP contribution in [0.4, 0.5) is 14.5 Å². The van der Waals surface area contributed by atoms with Crippen molar-refractivity contribution in [3.8, 4) is 11.6 Å². The fraction of sp³-hybridized carbons (Fsp3) is 0.154. The van der Waals surface area contributed by atoms with E-state index in [1.54, 1.807) is 13.0 Å². The number of aryl methyl sites for hydroxylation is 1. The van der Waals surface area contributed by atoms with Crippen LogP contribution in [-0.2, 0) is 0 Å². The number of nitrogens with zero attached hydrogens (tertiary/aromatic N) is 5. The molecule has 0 radical (unpaired) electrons. The van der Waals surface area contributed by atoms with E-state index < -0.39 is 17.2 Å². The minimum absolute atomic E-state index is 0.0338. The summed E-state index contributed by atoms with van der Waals surface area (Å²) in [6, 6.07) is 7.07. The molecule has 0 saturated carbocycles. The van der Waals surface area contributed by atoms with Gasteiger partial charge in [0.05, 0.1) is 4.92 Å². The van der Waals surface area contributed by atoms with Gasteiger partial charge in [-0.25, -0.2) is 8.78 Å². The quantitative estimate of drug-likeness (QED) is 0.541. The lowest BCUT2D eigenvalue weighted by atomic mass is 10.2. The zero-order valence-corrected chi connectivity index (χ0v) is 11.7. The van der Waals surface area contributed by atoms with Gasteiger partial charge in [0.1, 0.15) is 0 Å². The van der Waals surface area contributed by atoms with Gasteiger partial charge in [0.15, 0.2) is 5.65 Å². The maximum atomic E-state index is 12.8. The van der Waals surface area contributed by atoms with E-state index in [4.69, 9.17) is 4.74 Å². The number of alkyl halides is 2. The van der Waals surface area contributed by atoms with Crippen LogP contribution in [0.2, 0.25) is 0 Å². The Balaban J connectivity index is 2.03. The van der Waals surface area contributed by atoms with Crippen LogP contribution in [0.1, 0.15) is 17.8 Å². The van der Waals surface area contributed by atoms with E-state index in [1.165, 1.54) is 24.3 Å². The third-order valence-corrected chi connectivity index (χ3v) is 2.98. The number of nitro groups is 1. The Kier molecular flexibility index (Phi) is 3.56. The van der Waals surface area contributed by atoms with E-state index in [0.717, 1.165) is 10.1 Å². The minimum atomic E-state index is -2.86. The lowest BCUT2D eigenvalue weighted by Gasteiger charge is -2.07. The molecule has 0 bridgehead atoms. The van der Waals surface area contributed by atoms with Gasteiger partial charge in [-0.05, 0) is 24.6 Å². The van der Waals surface area contributed by atoms with E-state index in [2.05, 4.69) is 15.3 Å². The summed E-state index contributed by atoms with van der Waals surface area (Å²) < 4.78 is 31.9. The van der Waals surface area contributed by atoms with Crippen LogP contribution in [0.5, 0.6) is 11.6 Å². The highest BCUT2D eigenvalue weighted by Gasteiger charge is 2.19. The number of nitro benzene ring substituents is 1. The molecule has 8 nitrogen and oxygen atoms in total. The maximum absolute atomic E-state index is 12.8. The zero-order chi connectivity index (χ0) is 16.6. The van der Waals surface area contributed by atoms with Crippen molar-refractivity contribution >= 4 is 11.3 Å². The Morgan fingerprint density at radius 1 is 1.26 bits per heavy atom. The van der Waals surface area contributed by atoms with Crippen molar-refractivity contribution in [2.24, 2.45) is 0 Å². The fourth-order valence-electron chi connectivity index (χ4n) is 1.95. The molecule has 10 heteroatoms. The number of rotatable bonds is 4. The monoisotopic (exact) mass is 321 g/mol. The van der Waals surface area contributed by atoms with Gasteiger partial charge in [-0.2, -0.15) is 4.52 Å². The molecule has 0 aliphatic rings. The molecular weight excluding hydrogens is 312 g/mol. The standard InChI is InChI=1S/C13H9F2N5O3/c1-7-2-3-8(20(21)22)9(6-7)23-11-5-4-10-16-17-13(12(14)15)19(10)18-11/h2-6,12H,1H3. The Labute approximate surface area is 127 Å². The van der Waals surface area contributed by atoms with Crippen LogP contribution in [0, 0.1) is 17.0 Å². The molecule has 0 N–H and O–H groups in total. The van der Waals surface area contributed by atoms with Crippen LogP contribution >= 0.6 is 0 Å². The van der Waals surface area contributed by atoms with E-state index in [9.17, 15) is 18.9 Å². The van der Waals surface area contributed by atoms with Crippen molar-refractivity contribution in [1.82, 2.24) is 19.8 Å². The summed E-state index contributed by atoms with van der Waals surface area (Å²) in [5, 5.41) is 21.8. The minimum Gasteiger partial charge on any atom is -0.430 e. The van der Waals surface area contributed by atoms with Crippen LogP contribution in [0.25, 0.3) is 5.65 Å². The average Bonchev–Trinajstić information content (AvgIpc) is 2.90. The van der Waals surface area contributed by atoms with Gasteiger partial charge in [-0.15, -0.1) is 15.3 Å². The number of hydrogen-bond donors (Lipinski definition) is 0. The van der Waals surface area contributed by atoms with Crippen LogP contribution in [-0.4, -0.2) is 24.7 Å². The SMILES string of the molecule is Cc1ccc([N+](=O)[O-])c(Oc2ccc3nnc(C(F)F)n3n2)c1. The van der Waals surface area contributed by atoms with Crippen LogP contribution < -0.4 is 4.74 Å². The summed E-state index contributed by atoms with van der Waals surface area (Å²) in [4.78, 5) is 10.4. The number of hydrogen-bond acceptors (Lipinski definition) is 6. The van der Waals surface area contributed by atoms with Gasteiger partial charge in [0.2, 0.25) is 17.5 Å². The van der Waals surface area contributed by atoms with E-state index in [-0.39, 0.29) is 23.0 Å². The molecule has 3 rings (SSSR count). The highest BCUT2D eigenvalue weighted by molar-refractivity contribution is 5.50. The van der Waals surface area contributed by atoms with Gasteiger partial charge in [-0.1, -0.05) is 6.07 Å². The average molecular weight is 321 g/mol. The molecule has 0 saturated heterocycles. The summed E-state index contributed by atoms with van der Waals surface area (Å²) in [7, 11) is 0. The highest BCUT2D eigenvalue weighted by atomic mass is 19.3. The number of halogens is 2. The molecule has 0 amide bonds. The molecule has 0 aliphatic carbocycles. The highest BCUT2D eigenvalue weighted by Crippen LogP contribution is 2.31. The van der Waals surface area contributed by atoms with Crippen molar-refractivity contribution in [2.75, 3.05) is 0 Å². The van der Waals surface area contributed by atoms with E-state index in [1.807, 2.05) is 0 Å². The smallest absolute Gasteiger partial charge is 0.311 e. The van der Waals surface area contributed by atoms with Crippen LogP contribution in [0.3, 0.4) is 0 Å². The number of fused-ring (bicyclic) bond motifs is 1. The first kappa shape index (κ1) is 14.8. The second-order valence-electron chi connectivity index (χ2n) is 4.63. The predicted molar refractivity (Wildman–Crippen MR) is 73.6 cm³/mol. The first-order chi connectivity index (χ1) is 11.0. The molecule has 2 aromatic heterocycles. The number of ether oxygens (including phenoxy) is 1. The third kappa shape index (κ3) is 2.78. The maximum Gasteiger partial charge on any atom is 0.311 e. The Bertz CT molecular complexity index is 896. The van der Waals surface area contributed by atoms with E-state index >= 15 is 0 Å². The summed E-state index contributed by atoms with van der Waals surface area (Å²) in [6.07, 6.45) is -2.86. The molecule has 3 aromatic rings. The van der Waals surface area contributed by atoms with Crippen molar-refractivity contribution < 1.29 is 18.4 Å². The molecular formula is C13H9F2N5O3. The molecule has 1 aromatic carbocycles. The van der Waals surface area contributed by atoms with E-state index in [0.29, 0.717) is 0 Å². The predicted octanol–water partition coefficient (Wildman–Crippen LogP) is 3.07. The Morgan fingerprint density at radius 3 is 2.74 bits per heavy atom. The molecule has 0 spiro atoms. The molecule has 0 atom stereocenters. The lowest BCUT2D eigenvalue weighted by molar-refractivity contribution is -0.385. The third-order valence-electron chi connectivity index (χ3n) is 2.98. The lowest BCUT2D eigenvalue weighted by Crippen LogP contribution is -2.02. The fourth-order valence-corrected chi connectivity index (χ4v) is 1.95. The van der Waals surface area contributed by atoms with Crippen molar-refractivity contribution in [1.29, 1.82) is 0 Å². The summed E-state index contributed by atoms with van der Waals surface area (Å²) in [5.74, 6) is -0.759. The molecule has 2 heterocycles. The van der Waals surface area contributed by atoms with Gasteiger partial charge < -0.3 is 4.74 Å².